The summed E-state index contributed by atoms with van der Waals surface area (Å²) >= 11 is 0. The minimum atomic E-state index is -0.113. The third-order valence-corrected chi connectivity index (χ3v) is 3.93. The van der Waals surface area contributed by atoms with E-state index in [1.54, 1.807) is 0 Å². The van der Waals surface area contributed by atoms with Gasteiger partial charge in [0.15, 0.2) is 0 Å². The summed E-state index contributed by atoms with van der Waals surface area (Å²) in [5, 5.41) is 0. The van der Waals surface area contributed by atoms with Gasteiger partial charge in [0.2, 0.25) is 0 Å². The molecule has 0 amide bonds. The number of rotatable bonds is 3. The first kappa shape index (κ1) is 11.6. The van der Waals surface area contributed by atoms with Crippen LogP contribution in [0.4, 0.5) is 0 Å². The van der Waals surface area contributed by atoms with E-state index in [1.807, 2.05) is 18.5 Å². The van der Waals surface area contributed by atoms with Crippen molar-refractivity contribution in [2.24, 2.45) is 11.7 Å². The standard InChI is InChI=1S/C14H22N2/c1-2-4-12-6-8-14(15,9-7-12)13-5-3-10-16-11-13/h3,5,10-12H,2,4,6-9,15H2,1H3. The third kappa shape index (κ3) is 2.43. The fourth-order valence-corrected chi connectivity index (χ4v) is 2.84. The minimum absolute atomic E-state index is 0.113. The van der Waals surface area contributed by atoms with Gasteiger partial charge in [0.25, 0.3) is 0 Å². The van der Waals surface area contributed by atoms with Crippen LogP contribution in [0.5, 0.6) is 0 Å². The van der Waals surface area contributed by atoms with Crippen molar-refractivity contribution < 1.29 is 0 Å². The molecule has 1 heterocycles. The highest BCUT2D eigenvalue weighted by Crippen LogP contribution is 2.38. The van der Waals surface area contributed by atoms with E-state index in [0.29, 0.717) is 0 Å². The smallest absolute Gasteiger partial charge is 0.0425 e. The van der Waals surface area contributed by atoms with E-state index in [-0.39, 0.29) is 5.54 Å². The van der Waals surface area contributed by atoms with Crippen molar-refractivity contribution in [3.8, 4) is 0 Å². The molecule has 0 bridgehead atoms. The Labute approximate surface area is 98.3 Å². The number of nitrogens with two attached hydrogens (primary N) is 1. The molecule has 1 fully saturated rings. The number of pyridine rings is 1. The Morgan fingerprint density at radius 1 is 1.44 bits per heavy atom. The van der Waals surface area contributed by atoms with E-state index in [2.05, 4.69) is 18.0 Å². The zero-order valence-electron chi connectivity index (χ0n) is 10.2. The number of nitrogens with zero attached hydrogens (tertiary/aromatic N) is 1. The van der Waals surface area contributed by atoms with E-state index in [0.717, 1.165) is 18.8 Å². The van der Waals surface area contributed by atoms with Crippen LogP contribution in [-0.2, 0) is 5.54 Å². The van der Waals surface area contributed by atoms with Crippen molar-refractivity contribution in [2.45, 2.75) is 51.0 Å². The van der Waals surface area contributed by atoms with Crippen LogP contribution >= 0.6 is 0 Å². The molecule has 0 spiro atoms. The van der Waals surface area contributed by atoms with Gasteiger partial charge in [-0.05, 0) is 43.2 Å². The van der Waals surface area contributed by atoms with Crippen molar-refractivity contribution >= 4 is 0 Å². The SMILES string of the molecule is CCCC1CCC(N)(c2cccnc2)CC1. The Hall–Kier alpha value is -0.890. The molecule has 1 saturated carbocycles. The summed E-state index contributed by atoms with van der Waals surface area (Å²) in [5.41, 5.74) is 7.60. The van der Waals surface area contributed by atoms with Crippen molar-refractivity contribution in [2.75, 3.05) is 0 Å². The molecule has 0 aliphatic heterocycles. The monoisotopic (exact) mass is 218 g/mol. The van der Waals surface area contributed by atoms with Gasteiger partial charge in [0.05, 0.1) is 0 Å². The molecule has 1 aromatic heterocycles. The highest BCUT2D eigenvalue weighted by atomic mass is 14.8. The molecule has 0 saturated heterocycles. The van der Waals surface area contributed by atoms with Crippen LogP contribution in [-0.4, -0.2) is 4.98 Å². The topological polar surface area (TPSA) is 38.9 Å². The Balaban J connectivity index is 2.01. The molecular weight excluding hydrogens is 196 g/mol. The molecule has 1 aromatic rings. The van der Waals surface area contributed by atoms with Gasteiger partial charge >= 0.3 is 0 Å². The zero-order valence-corrected chi connectivity index (χ0v) is 10.2. The summed E-state index contributed by atoms with van der Waals surface area (Å²) in [7, 11) is 0. The Bertz CT molecular complexity index is 313. The highest BCUT2D eigenvalue weighted by molar-refractivity contribution is 5.20. The van der Waals surface area contributed by atoms with Crippen LogP contribution in [0.15, 0.2) is 24.5 Å². The number of hydrogen-bond acceptors (Lipinski definition) is 2. The summed E-state index contributed by atoms with van der Waals surface area (Å²) in [4.78, 5) is 4.18. The first-order valence-corrected chi connectivity index (χ1v) is 6.44. The van der Waals surface area contributed by atoms with Gasteiger partial charge in [-0.1, -0.05) is 25.8 Å². The minimum Gasteiger partial charge on any atom is -0.321 e. The normalized spacial score (nSPS) is 30.2. The maximum Gasteiger partial charge on any atom is 0.0425 e. The van der Waals surface area contributed by atoms with Crippen molar-refractivity contribution in [3.05, 3.63) is 30.1 Å². The van der Waals surface area contributed by atoms with E-state index in [9.17, 15) is 0 Å². The summed E-state index contributed by atoms with van der Waals surface area (Å²) in [5.74, 6) is 0.901. The van der Waals surface area contributed by atoms with Gasteiger partial charge in [0, 0.05) is 17.9 Å². The van der Waals surface area contributed by atoms with Gasteiger partial charge in [0.1, 0.15) is 0 Å². The molecule has 88 valence electrons. The van der Waals surface area contributed by atoms with E-state index < -0.39 is 0 Å². The molecule has 0 radical (unpaired) electrons. The first-order chi connectivity index (χ1) is 7.74. The Morgan fingerprint density at radius 2 is 2.19 bits per heavy atom. The lowest BCUT2D eigenvalue weighted by molar-refractivity contribution is 0.226. The van der Waals surface area contributed by atoms with E-state index >= 15 is 0 Å². The molecule has 2 heteroatoms. The molecular formula is C14H22N2. The maximum absolute atomic E-state index is 6.50. The number of hydrogen-bond donors (Lipinski definition) is 1. The summed E-state index contributed by atoms with van der Waals surface area (Å²) in [6.07, 6.45) is 11.2. The second-order valence-electron chi connectivity index (χ2n) is 5.13. The predicted octanol–water partition coefficient (Wildman–Crippen LogP) is 3.23. The summed E-state index contributed by atoms with van der Waals surface area (Å²) in [6, 6.07) is 4.11. The lowest BCUT2D eigenvalue weighted by Crippen LogP contribution is -2.40. The van der Waals surface area contributed by atoms with Gasteiger partial charge in [-0.15, -0.1) is 0 Å². The molecule has 1 aliphatic carbocycles. The van der Waals surface area contributed by atoms with Crippen LogP contribution in [0, 0.1) is 5.92 Å². The van der Waals surface area contributed by atoms with Gasteiger partial charge in [-0.25, -0.2) is 0 Å². The first-order valence-electron chi connectivity index (χ1n) is 6.44. The molecule has 0 unspecified atom stereocenters. The molecule has 2 rings (SSSR count). The fourth-order valence-electron chi connectivity index (χ4n) is 2.84. The van der Waals surface area contributed by atoms with Gasteiger partial charge in [-0.3, -0.25) is 4.98 Å². The zero-order chi connectivity index (χ0) is 11.4. The van der Waals surface area contributed by atoms with Crippen molar-refractivity contribution in [1.29, 1.82) is 0 Å². The van der Waals surface area contributed by atoms with Crippen LogP contribution in [0.3, 0.4) is 0 Å². The van der Waals surface area contributed by atoms with Crippen LogP contribution < -0.4 is 5.73 Å². The van der Waals surface area contributed by atoms with Crippen molar-refractivity contribution in [3.63, 3.8) is 0 Å². The Kier molecular flexibility index (Phi) is 3.59. The van der Waals surface area contributed by atoms with Gasteiger partial charge in [-0.2, -0.15) is 0 Å². The van der Waals surface area contributed by atoms with E-state index in [4.69, 9.17) is 5.73 Å². The maximum atomic E-state index is 6.50. The number of aromatic nitrogens is 1. The third-order valence-electron chi connectivity index (χ3n) is 3.93. The second kappa shape index (κ2) is 4.96. The quantitative estimate of drug-likeness (QED) is 0.846. The second-order valence-corrected chi connectivity index (χ2v) is 5.13. The fraction of sp³-hybridized carbons (Fsp3) is 0.643. The average Bonchev–Trinajstić information content (AvgIpc) is 2.34. The highest BCUT2D eigenvalue weighted by Gasteiger charge is 2.32. The molecule has 0 aromatic carbocycles. The molecule has 1 aliphatic rings. The van der Waals surface area contributed by atoms with Crippen LogP contribution in [0.2, 0.25) is 0 Å². The van der Waals surface area contributed by atoms with Gasteiger partial charge < -0.3 is 5.73 Å². The Morgan fingerprint density at radius 3 is 2.75 bits per heavy atom. The molecule has 16 heavy (non-hydrogen) atoms. The lowest BCUT2D eigenvalue weighted by atomic mass is 9.73. The van der Waals surface area contributed by atoms with Crippen LogP contribution in [0.25, 0.3) is 0 Å². The molecule has 2 nitrogen and oxygen atoms in total. The van der Waals surface area contributed by atoms with E-state index in [1.165, 1.54) is 31.2 Å². The largest absolute Gasteiger partial charge is 0.321 e. The predicted molar refractivity (Wildman–Crippen MR) is 67.0 cm³/mol. The molecule has 2 N–H and O–H groups in total. The van der Waals surface area contributed by atoms with Crippen molar-refractivity contribution in [1.82, 2.24) is 4.98 Å². The molecule has 0 atom stereocenters. The summed E-state index contributed by atoms with van der Waals surface area (Å²) < 4.78 is 0. The lowest BCUT2D eigenvalue weighted by Gasteiger charge is -2.37. The summed E-state index contributed by atoms with van der Waals surface area (Å²) in [6.45, 7) is 2.27. The van der Waals surface area contributed by atoms with Crippen LogP contribution in [0.1, 0.15) is 51.0 Å². The average molecular weight is 218 g/mol.